The van der Waals surface area contributed by atoms with Crippen molar-refractivity contribution in [2.24, 2.45) is 0 Å². The van der Waals surface area contributed by atoms with Gasteiger partial charge in [-0.2, -0.15) is 0 Å². The van der Waals surface area contributed by atoms with Gasteiger partial charge in [-0.05, 0) is 42.8 Å². The summed E-state index contributed by atoms with van der Waals surface area (Å²) in [5.41, 5.74) is 3.06. The smallest absolute Gasteiger partial charge is 0.319 e. The van der Waals surface area contributed by atoms with E-state index in [0.717, 1.165) is 26.4 Å². The van der Waals surface area contributed by atoms with Crippen LogP contribution in [0.1, 0.15) is 24.9 Å². The third-order valence-corrected chi connectivity index (χ3v) is 6.32. The highest BCUT2D eigenvalue weighted by Gasteiger charge is 2.19. The second-order valence-corrected chi connectivity index (χ2v) is 8.69. The van der Waals surface area contributed by atoms with Crippen LogP contribution in [0.3, 0.4) is 0 Å². The molecule has 3 aromatic carbocycles. The number of fused-ring (bicyclic) bond motifs is 1. The summed E-state index contributed by atoms with van der Waals surface area (Å²) in [6.07, 6.45) is 0.0303. The van der Waals surface area contributed by atoms with Crippen molar-refractivity contribution in [3.63, 3.8) is 0 Å². The Morgan fingerprint density at radius 2 is 1.82 bits per heavy atom. The van der Waals surface area contributed by atoms with E-state index in [0.29, 0.717) is 10.7 Å². The largest absolute Gasteiger partial charge is 0.466 e. The molecule has 0 aliphatic carbocycles. The number of halogens is 1. The molecule has 168 valence electrons. The summed E-state index contributed by atoms with van der Waals surface area (Å²) >= 11 is 8.07. The zero-order chi connectivity index (χ0) is 23.2. The molecule has 1 unspecified atom stereocenters. The van der Waals surface area contributed by atoms with E-state index >= 15 is 0 Å². The number of ether oxygens (including phenoxy) is 1. The molecule has 4 rings (SSSR count). The number of rotatable bonds is 7. The molecule has 0 radical (unpaired) electrons. The normalized spacial score (nSPS) is 11.7. The van der Waals surface area contributed by atoms with E-state index < -0.39 is 12.1 Å². The van der Waals surface area contributed by atoms with Gasteiger partial charge in [0.05, 0.1) is 34.3 Å². The molecule has 0 saturated carbocycles. The molecule has 33 heavy (non-hydrogen) atoms. The van der Waals surface area contributed by atoms with Crippen LogP contribution in [0.15, 0.2) is 72.8 Å². The van der Waals surface area contributed by atoms with Gasteiger partial charge in [-0.1, -0.05) is 54.1 Å². The van der Waals surface area contributed by atoms with Crippen LogP contribution in [-0.4, -0.2) is 23.6 Å². The highest BCUT2D eigenvalue weighted by atomic mass is 35.5. The number of nitrogens with zero attached hydrogens (tertiary/aromatic N) is 1. The summed E-state index contributed by atoms with van der Waals surface area (Å²) in [7, 11) is 0. The first-order valence-electron chi connectivity index (χ1n) is 10.5. The van der Waals surface area contributed by atoms with E-state index in [4.69, 9.17) is 16.3 Å². The van der Waals surface area contributed by atoms with Gasteiger partial charge in [0.15, 0.2) is 0 Å². The standard InChI is InChI=1S/C25H22ClN3O3S/c1-2-32-23(30)15-21(16-8-4-3-5-9-16)29-25(31)27-17-12-13-18(19(26)14-17)24-28-20-10-6-7-11-22(20)33-24/h3-14,21H,2,15H2,1H3,(H2,27,29,31). The average molecular weight is 480 g/mol. The van der Waals surface area contributed by atoms with Crippen LogP contribution in [-0.2, 0) is 9.53 Å². The molecule has 4 aromatic rings. The second kappa shape index (κ2) is 10.5. The number of para-hydroxylation sites is 1. The minimum Gasteiger partial charge on any atom is -0.466 e. The van der Waals surface area contributed by atoms with Crippen molar-refractivity contribution in [2.45, 2.75) is 19.4 Å². The Bertz CT molecular complexity index is 1240. The van der Waals surface area contributed by atoms with Crippen molar-refractivity contribution in [2.75, 3.05) is 11.9 Å². The summed E-state index contributed by atoms with van der Waals surface area (Å²) in [6.45, 7) is 2.03. The number of nitrogens with one attached hydrogen (secondary N) is 2. The molecule has 0 fully saturated rings. The minimum atomic E-state index is -0.525. The van der Waals surface area contributed by atoms with E-state index in [1.165, 1.54) is 0 Å². The molecular weight excluding hydrogens is 458 g/mol. The van der Waals surface area contributed by atoms with E-state index in [-0.39, 0.29) is 19.0 Å². The monoisotopic (exact) mass is 479 g/mol. The molecule has 0 bridgehead atoms. The number of urea groups is 1. The lowest BCUT2D eigenvalue weighted by Crippen LogP contribution is -2.34. The van der Waals surface area contributed by atoms with E-state index in [1.807, 2.05) is 60.7 Å². The Labute approximate surface area is 200 Å². The average Bonchev–Trinajstić information content (AvgIpc) is 3.23. The number of amides is 2. The SMILES string of the molecule is CCOC(=O)CC(NC(=O)Nc1ccc(-c2nc3ccccc3s2)c(Cl)c1)c1ccccc1. The fourth-order valence-electron chi connectivity index (χ4n) is 3.40. The van der Waals surface area contributed by atoms with Gasteiger partial charge in [0.1, 0.15) is 5.01 Å². The highest BCUT2D eigenvalue weighted by Crippen LogP contribution is 2.35. The van der Waals surface area contributed by atoms with Crippen LogP contribution in [0.5, 0.6) is 0 Å². The van der Waals surface area contributed by atoms with E-state index in [2.05, 4.69) is 15.6 Å². The van der Waals surface area contributed by atoms with Crippen LogP contribution >= 0.6 is 22.9 Å². The zero-order valence-electron chi connectivity index (χ0n) is 17.9. The molecule has 6 nitrogen and oxygen atoms in total. The van der Waals surface area contributed by atoms with Gasteiger partial charge in [-0.25, -0.2) is 9.78 Å². The van der Waals surface area contributed by atoms with Crippen molar-refractivity contribution < 1.29 is 14.3 Å². The number of hydrogen-bond acceptors (Lipinski definition) is 5. The number of aromatic nitrogens is 1. The van der Waals surface area contributed by atoms with Gasteiger partial charge in [-0.3, -0.25) is 4.79 Å². The van der Waals surface area contributed by atoms with Gasteiger partial charge in [0, 0.05) is 11.3 Å². The molecule has 0 saturated heterocycles. The van der Waals surface area contributed by atoms with Gasteiger partial charge in [0.25, 0.3) is 0 Å². The Hall–Kier alpha value is -3.42. The van der Waals surface area contributed by atoms with E-state index in [9.17, 15) is 9.59 Å². The van der Waals surface area contributed by atoms with Crippen LogP contribution in [0.25, 0.3) is 20.8 Å². The van der Waals surface area contributed by atoms with Crippen LogP contribution < -0.4 is 10.6 Å². The van der Waals surface area contributed by atoms with Gasteiger partial charge in [-0.15, -0.1) is 11.3 Å². The molecule has 2 amide bonds. The fraction of sp³-hybridized carbons (Fsp3) is 0.160. The zero-order valence-corrected chi connectivity index (χ0v) is 19.5. The molecular formula is C25H22ClN3O3S. The first-order chi connectivity index (χ1) is 16.0. The topological polar surface area (TPSA) is 80.3 Å². The van der Waals surface area contributed by atoms with Crippen LogP contribution in [0.4, 0.5) is 10.5 Å². The molecule has 0 spiro atoms. The molecule has 1 atom stereocenters. The van der Waals surface area contributed by atoms with Gasteiger partial charge in [0.2, 0.25) is 0 Å². The summed E-state index contributed by atoms with van der Waals surface area (Å²) < 4.78 is 6.14. The first kappa shape index (κ1) is 22.8. The number of carbonyl (C=O) groups excluding carboxylic acids is 2. The maximum Gasteiger partial charge on any atom is 0.319 e. The quantitative estimate of drug-likeness (QED) is 0.299. The predicted molar refractivity (Wildman–Crippen MR) is 133 cm³/mol. The lowest BCUT2D eigenvalue weighted by Gasteiger charge is -2.19. The number of thiazole rings is 1. The second-order valence-electron chi connectivity index (χ2n) is 7.25. The predicted octanol–water partition coefficient (Wildman–Crippen LogP) is 6.43. The number of carbonyl (C=O) groups is 2. The Balaban J connectivity index is 1.47. The fourth-order valence-corrected chi connectivity index (χ4v) is 4.73. The Kier molecular flexibility index (Phi) is 7.22. The molecule has 0 aliphatic rings. The highest BCUT2D eigenvalue weighted by molar-refractivity contribution is 7.21. The van der Waals surface area contributed by atoms with Crippen molar-refractivity contribution in [3.05, 3.63) is 83.4 Å². The summed E-state index contributed by atoms with van der Waals surface area (Å²) in [4.78, 5) is 29.4. The maximum absolute atomic E-state index is 12.7. The van der Waals surface area contributed by atoms with Gasteiger partial charge >= 0.3 is 12.0 Å². The number of esters is 1. The molecule has 1 aromatic heterocycles. The van der Waals surface area contributed by atoms with Crippen molar-refractivity contribution >= 4 is 50.8 Å². The summed E-state index contributed by atoms with van der Waals surface area (Å²) in [5.74, 6) is -0.380. The lowest BCUT2D eigenvalue weighted by molar-refractivity contribution is -0.143. The third kappa shape index (κ3) is 5.69. The lowest BCUT2D eigenvalue weighted by atomic mass is 10.0. The van der Waals surface area contributed by atoms with E-state index in [1.54, 1.807) is 30.4 Å². The Morgan fingerprint density at radius 1 is 1.06 bits per heavy atom. The van der Waals surface area contributed by atoms with Gasteiger partial charge < -0.3 is 15.4 Å². The maximum atomic E-state index is 12.7. The first-order valence-corrected chi connectivity index (χ1v) is 11.7. The van der Waals surface area contributed by atoms with Crippen molar-refractivity contribution in [1.82, 2.24) is 10.3 Å². The van der Waals surface area contributed by atoms with Crippen LogP contribution in [0.2, 0.25) is 5.02 Å². The number of anilines is 1. The van der Waals surface area contributed by atoms with Crippen molar-refractivity contribution in [1.29, 1.82) is 0 Å². The van der Waals surface area contributed by atoms with Crippen LogP contribution in [0, 0.1) is 0 Å². The number of benzene rings is 3. The molecule has 8 heteroatoms. The summed E-state index contributed by atoms with van der Waals surface area (Å²) in [6, 6.07) is 21.5. The Morgan fingerprint density at radius 3 is 2.55 bits per heavy atom. The number of hydrogen-bond donors (Lipinski definition) is 2. The summed E-state index contributed by atoms with van der Waals surface area (Å²) in [5, 5.41) is 6.94. The third-order valence-electron chi connectivity index (χ3n) is 4.93. The minimum absolute atomic E-state index is 0.0303. The van der Waals surface area contributed by atoms with Crippen molar-refractivity contribution in [3.8, 4) is 10.6 Å². The molecule has 0 aliphatic heterocycles. The molecule has 1 heterocycles. The molecule has 2 N–H and O–H groups in total.